The Morgan fingerprint density at radius 2 is 1.72 bits per heavy atom. The smallest absolute Gasteiger partial charge is 0.253 e. The summed E-state index contributed by atoms with van der Waals surface area (Å²) in [6, 6.07) is 4.87. The Labute approximate surface area is 200 Å². The minimum atomic E-state index is -0.199. The molecule has 1 unspecified atom stereocenters. The summed E-state index contributed by atoms with van der Waals surface area (Å²) in [6.45, 7) is 5.16. The van der Waals surface area contributed by atoms with Crippen LogP contribution in [0.3, 0.4) is 0 Å². The van der Waals surface area contributed by atoms with Crippen molar-refractivity contribution in [3.8, 4) is 0 Å². The molecule has 0 radical (unpaired) electrons. The molecule has 2 aliphatic heterocycles. The summed E-state index contributed by atoms with van der Waals surface area (Å²) in [4.78, 5) is 44.2. The van der Waals surface area contributed by atoms with Crippen LogP contribution < -0.4 is 0 Å². The van der Waals surface area contributed by atoms with Crippen molar-refractivity contribution in [2.24, 2.45) is 11.8 Å². The highest BCUT2D eigenvalue weighted by atomic mass is 35.5. The van der Waals surface area contributed by atoms with E-state index in [2.05, 4.69) is 6.92 Å². The Kier molecular flexibility index (Phi) is 8.83. The van der Waals surface area contributed by atoms with E-state index in [1.54, 1.807) is 23.1 Å². The van der Waals surface area contributed by atoms with Gasteiger partial charge in [0, 0.05) is 51.3 Å². The van der Waals surface area contributed by atoms with Crippen molar-refractivity contribution in [2.45, 2.75) is 45.4 Å². The number of unbranched alkanes of at least 4 members (excludes halogenated alkanes) is 1. The first-order valence-electron chi connectivity index (χ1n) is 11.6. The zero-order chi connectivity index (χ0) is 23.3. The van der Waals surface area contributed by atoms with Gasteiger partial charge in [0.15, 0.2) is 0 Å². The van der Waals surface area contributed by atoms with Gasteiger partial charge in [-0.3, -0.25) is 14.4 Å². The third kappa shape index (κ3) is 5.96. The first-order valence-corrected chi connectivity index (χ1v) is 12.4. The predicted molar refractivity (Wildman–Crippen MR) is 127 cm³/mol. The SMILES string of the molecule is CCCCN(C)C(=O)C1CCN(C(=O)C2CCCN(C(=O)c3ccc(Cl)c(Cl)c3)C2)CC1. The average molecular weight is 482 g/mol. The molecule has 176 valence electrons. The molecule has 1 aromatic rings. The molecule has 3 rings (SSSR count). The molecule has 1 atom stereocenters. The largest absolute Gasteiger partial charge is 0.346 e. The van der Waals surface area contributed by atoms with Crippen LogP contribution in [0, 0.1) is 11.8 Å². The molecular weight excluding hydrogens is 449 g/mol. The summed E-state index contributed by atoms with van der Waals surface area (Å²) >= 11 is 12.0. The van der Waals surface area contributed by atoms with Gasteiger partial charge in [-0.1, -0.05) is 36.5 Å². The molecule has 6 nitrogen and oxygen atoms in total. The van der Waals surface area contributed by atoms with Crippen LogP contribution >= 0.6 is 23.2 Å². The van der Waals surface area contributed by atoms with Gasteiger partial charge in [-0.2, -0.15) is 0 Å². The molecule has 0 N–H and O–H groups in total. The molecule has 3 amide bonds. The van der Waals surface area contributed by atoms with Crippen LogP contribution in [0.2, 0.25) is 10.0 Å². The van der Waals surface area contributed by atoms with E-state index in [1.165, 1.54) is 0 Å². The number of halogens is 2. The van der Waals surface area contributed by atoms with E-state index in [4.69, 9.17) is 23.2 Å². The minimum Gasteiger partial charge on any atom is -0.346 e. The fourth-order valence-corrected chi connectivity index (χ4v) is 4.90. The molecule has 1 aromatic carbocycles. The summed E-state index contributed by atoms with van der Waals surface area (Å²) in [5, 5.41) is 0.758. The van der Waals surface area contributed by atoms with Gasteiger partial charge in [0.2, 0.25) is 11.8 Å². The zero-order valence-electron chi connectivity index (χ0n) is 19.0. The van der Waals surface area contributed by atoms with E-state index in [1.807, 2.05) is 16.8 Å². The number of amides is 3. The van der Waals surface area contributed by atoms with E-state index in [0.717, 1.165) is 32.2 Å². The van der Waals surface area contributed by atoms with Crippen LogP contribution in [0.25, 0.3) is 0 Å². The van der Waals surface area contributed by atoms with Gasteiger partial charge in [0.25, 0.3) is 5.91 Å². The third-order valence-corrected chi connectivity index (χ3v) is 7.34. The average Bonchev–Trinajstić information content (AvgIpc) is 2.83. The van der Waals surface area contributed by atoms with Crippen LogP contribution in [0.4, 0.5) is 0 Å². The lowest BCUT2D eigenvalue weighted by Gasteiger charge is -2.38. The van der Waals surface area contributed by atoms with Crippen LogP contribution in [0.15, 0.2) is 18.2 Å². The number of benzene rings is 1. The summed E-state index contributed by atoms with van der Waals surface area (Å²) in [6.07, 6.45) is 5.07. The first-order chi connectivity index (χ1) is 15.3. The zero-order valence-corrected chi connectivity index (χ0v) is 20.5. The Bertz CT molecular complexity index is 840. The second kappa shape index (κ2) is 11.4. The molecule has 2 saturated heterocycles. The number of rotatable bonds is 6. The van der Waals surface area contributed by atoms with Crippen molar-refractivity contribution in [3.63, 3.8) is 0 Å². The second-order valence-electron chi connectivity index (χ2n) is 8.93. The van der Waals surface area contributed by atoms with E-state index in [0.29, 0.717) is 54.6 Å². The fourth-order valence-electron chi connectivity index (χ4n) is 4.60. The van der Waals surface area contributed by atoms with Crippen LogP contribution in [0.5, 0.6) is 0 Å². The fraction of sp³-hybridized carbons (Fsp3) is 0.625. The van der Waals surface area contributed by atoms with Gasteiger partial charge < -0.3 is 14.7 Å². The predicted octanol–water partition coefficient (Wildman–Crippen LogP) is 4.34. The Balaban J connectivity index is 1.54. The Morgan fingerprint density at radius 3 is 2.38 bits per heavy atom. The lowest BCUT2D eigenvalue weighted by Crippen LogP contribution is -2.49. The van der Waals surface area contributed by atoms with Gasteiger partial charge in [-0.15, -0.1) is 0 Å². The maximum Gasteiger partial charge on any atom is 0.253 e. The molecule has 0 saturated carbocycles. The third-order valence-electron chi connectivity index (χ3n) is 6.60. The summed E-state index contributed by atoms with van der Waals surface area (Å²) in [5.41, 5.74) is 0.485. The monoisotopic (exact) mass is 481 g/mol. The molecule has 2 aliphatic rings. The Morgan fingerprint density at radius 1 is 1.00 bits per heavy atom. The van der Waals surface area contributed by atoms with E-state index < -0.39 is 0 Å². The second-order valence-corrected chi connectivity index (χ2v) is 9.75. The molecule has 0 bridgehead atoms. The lowest BCUT2D eigenvalue weighted by molar-refractivity contribution is -0.142. The molecule has 32 heavy (non-hydrogen) atoms. The van der Waals surface area contributed by atoms with Crippen molar-refractivity contribution in [1.82, 2.24) is 14.7 Å². The normalized spacial score (nSPS) is 19.7. The molecule has 0 aliphatic carbocycles. The van der Waals surface area contributed by atoms with Crippen molar-refractivity contribution >= 4 is 40.9 Å². The van der Waals surface area contributed by atoms with Gasteiger partial charge in [-0.05, 0) is 50.3 Å². The maximum absolute atomic E-state index is 13.2. The minimum absolute atomic E-state index is 0.00000795. The molecular formula is C24H33Cl2N3O3. The van der Waals surface area contributed by atoms with Crippen molar-refractivity contribution in [1.29, 1.82) is 0 Å². The van der Waals surface area contributed by atoms with Gasteiger partial charge in [0.05, 0.1) is 16.0 Å². The van der Waals surface area contributed by atoms with E-state index in [-0.39, 0.29) is 29.6 Å². The molecule has 2 heterocycles. The molecule has 2 fully saturated rings. The molecule has 0 aromatic heterocycles. The first kappa shape index (κ1) is 24.8. The number of nitrogens with zero attached hydrogens (tertiary/aromatic N) is 3. The van der Waals surface area contributed by atoms with Crippen molar-refractivity contribution in [2.75, 3.05) is 39.8 Å². The molecule has 0 spiro atoms. The highest BCUT2D eigenvalue weighted by molar-refractivity contribution is 6.42. The number of carbonyl (C=O) groups is 3. The summed E-state index contributed by atoms with van der Waals surface area (Å²) in [5.74, 6) is -0.0288. The Hall–Kier alpha value is -1.79. The van der Waals surface area contributed by atoms with Gasteiger partial charge in [0.1, 0.15) is 0 Å². The highest BCUT2D eigenvalue weighted by Crippen LogP contribution is 2.27. The molecule has 8 heteroatoms. The van der Waals surface area contributed by atoms with Gasteiger partial charge in [-0.25, -0.2) is 0 Å². The maximum atomic E-state index is 13.2. The van der Waals surface area contributed by atoms with Crippen LogP contribution in [-0.4, -0.2) is 72.2 Å². The van der Waals surface area contributed by atoms with Crippen molar-refractivity contribution < 1.29 is 14.4 Å². The summed E-state index contributed by atoms with van der Waals surface area (Å²) < 4.78 is 0. The van der Waals surface area contributed by atoms with Gasteiger partial charge >= 0.3 is 0 Å². The number of piperidine rings is 2. The number of hydrogen-bond donors (Lipinski definition) is 0. The number of hydrogen-bond acceptors (Lipinski definition) is 3. The topological polar surface area (TPSA) is 60.9 Å². The van der Waals surface area contributed by atoms with Crippen LogP contribution in [0.1, 0.15) is 55.8 Å². The highest BCUT2D eigenvalue weighted by Gasteiger charge is 2.35. The summed E-state index contributed by atoms with van der Waals surface area (Å²) in [7, 11) is 1.87. The lowest BCUT2D eigenvalue weighted by atomic mass is 9.92. The number of carbonyl (C=O) groups excluding carboxylic acids is 3. The van der Waals surface area contributed by atoms with E-state index >= 15 is 0 Å². The van der Waals surface area contributed by atoms with Crippen molar-refractivity contribution in [3.05, 3.63) is 33.8 Å². The standard InChI is InChI=1S/C24H33Cl2N3O3/c1-3-4-11-27(2)22(30)17-9-13-28(14-10-17)24(32)19-6-5-12-29(16-19)23(31)18-7-8-20(25)21(26)15-18/h7-8,15,17,19H,3-6,9-14,16H2,1-2H3. The quantitative estimate of drug-likeness (QED) is 0.606. The number of likely N-dealkylation sites (tertiary alicyclic amines) is 2. The van der Waals surface area contributed by atoms with Crippen LogP contribution in [-0.2, 0) is 9.59 Å². The van der Waals surface area contributed by atoms with E-state index in [9.17, 15) is 14.4 Å².